The van der Waals surface area contributed by atoms with E-state index in [-0.39, 0.29) is 5.92 Å². The summed E-state index contributed by atoms with van der Waals surface area (Å²) in [4.78, 5) is 80.7. The molecule has 0 fully saturated rings. The third-order valence-electron chi connectivity index (χ3n) is 7.23. The van der Waals surface area contributed by atoms with E-state index < -0.39 is 69.3 Å². The van der Waals surface area contributed by atoms with E-state index in [0.29, 0.717) is 5.56 Å². The lowest BCUT2D eigenvalue weighted by Gasteiger charge is -2.36. The highest BCUT2D eigenvalue weighted by Crippen LogP contribution is 2.17. The molecule has 1 aromatic rings. The lowest BCUT2D eigenvalue weighted by molar-refractivity contribution is -0.160. The van der Waals surface area contributed by atoms with Crippen molar-refractivity contribution >= 4 is 41.2 Å². The molecule has 0 aliphatic rings. The summed E-state index contributed by atoms with van der Waals surface area (Å²) in [5, 5.41) is 13.3. The Bertz CT molecular complexity index is 1340. The molecule has 0 aliphatic heterocycles. The summed E-state index contributed by atoms with van der Waals surface area (Å²) in [5.74, 6) is -3.96. The third kappa shape index (κ3) is 11.9. The molecule has 0 saturated heterocycles. The molecule has 13 heteroatoms. The van der Waals surface area contributed by atoms with Gasteiger partial charge in [-0.05, 0) is 106 Å². The fourth-order valence-corrected chi connectivity index (χ4v) is 4.00. The van der Waals surface area contributed by atoms with Crippen LogP contribution in [0.4, 0.5) is 5.69 Å². The van der Waals surface area contributed by atoms with Crippen molar-refractivity contribution in [3.05, 3.63) is 29.8 Å². The molecule has 1 rings (SSSR count). The van der Waals surface area contributed by atoms with Gasteiger partial charge >= 0.3 is 5.97 Å². The Morgan fingerprint density at radius 1 is 0.596 bits per heavy atom. The Labute approximate surface area is 279 Å². The number of hydrogen-bond donors (Lipinski definition) is 5. The van der Waals surface area contributed by atoms with Gasteiger partial charge in [-0.3, -0.25) is 24.0 Å². The third-order valence-corrected chi connectivity index (χ3v) is 7.23. The average Bonchev–Trinajstić information content (AvgIpc) is 2.89. The zero-order chi connectivity index (χ0) is 36.9. The lowest BCUT2D eigenvalue weighted by Crippen LogP contribution is -2.68. The number of benzene rings is 1. The molecule has 0 aliphatic carbocycles. The fraction of sp³-hybridized carbons (Fsp3) is 0.647. The van der Waals surface area contributed by atoms with E-state index in [1.54, 1.807) is 58.9 Å². The molecule has 0 radical (unpaired) electrons. The SMILES string of the molecule is CC(C)[C@H](NC(=O)C(C)(C)NC(=O)C(C)(C)NC(=O)C(C)(C)NC(=O)C(C)(C)NC(=O)c1ccc(N(C)C)cc1)C(=O)OC(C)(C)C. The number of carbonyl (C=O) groups is 6. The number of esters is 1. The number of carbonyl (C=O) groups excluding carboxylic acids is 6. The minimum atomic E-state index is -1.53. The number of rotatable bonds is 13. The number of nitrogens with one attached hydrogen (secondary N) is 5. The summed E-state index contributed by atoms with van der Waals surface area (Å²) in [6, 6.07) is 5.92. The number of ether oxygens (including phenoxy) is 1. The minimum absolute atomic E-state index is 0.290. The fourth-order valence-electron chi connectivity index (χ4n) is 4.00. The van der Waals surface area contributed by atoms with Crippen LogP contribution in [0.5, 0.6) is 0 Å². The standard InChI is InChI=1S/C34H56N6O7/c1-20(2)23(25(42)47-30(3,4)5)35-26(43)31(6,7)37-28(45)33(10,11)39-29(46)34(12,13)38-27(44)32(8,9)36-24(41)21-16-18-22(19-17-21)40(14)15/h16-20,23H,1-15H3,(H,35,43)(H,36,41)(H,37,45)(H,38,44)(H,39,46)/t23-/m0/s1. The topological polar surface area (TPSA) is 175 Å². The van der Waals surface area contributed by atoms with Crippen molar-refractivity contribution in [1.29, 1.82) is 0 Å². The molecule has 0 saturated carbocycles. The molecular weight excluding hydrogens is 604 g/mol. The Morgan fingerprint density at radius 2 is 0.957 bits per heavy atom. The number of hydrogen-bond acceptors (Lipinski definition) is 8. The van der Waals surface area contributed by atoms with E-state index in [2.05, 4.69) is 26.6 Å². The normalized spacial score (nSPS) is 13.2. The highest BCUT2D eigenvalue weighted by molar-refractivity contribution is 6.02. The first kappa shape index (κ1) is 40.9. The first-order valence-electron chi connectivity index (χ1n) is 15.6. The monoisotopic (exact) mass is 660 g/mol. The van der Waals surface area contributed by atoms with E-state index in [1.807, 2.05) is 19.0 Å². The van der Waals surface area contributed by atoms with Gasteiger partial charge in [0, 0.05) is 25.3 Å². The largest absolute Gasteiger partial charge is 0.458 e. The average molecular weight is 661 g/mol. The van der Waals surface area contributed by atoms with Gasteiger partial charge in [0.15, 0.2) is 0 Å². The van der Waals surface area contributed by atoms with Crippen molar-refractivity contribution < 1.29 is 33.5 Å². The smallest absolute Gasteiger partial charge is 0.329 e. The molecule has 1 aromatic carbocycles. The van der Waals surface area contributed by atoms with Crippen molar-refractivity contribution in [3.63, 3.8) is 0 Å². The molecule has 0 unspecified atom stereocenters. The van der Waals surface area contributed by atoms with Crippen molar-refractivity contribution in [2.45, 2.75) is 124 Å². The summed E-state index contributed by atoms with van der Waals surface area (Å²) < 4.78 is 5.44. The van der Waals surface area contributed by atoms with Gasteiger partial charge in [0.25, 0.3) is 5.91 Å². The highest BCUT2D eigenvalue weighted by atomic mass is 16.6. The molecule has 264 valence electrons. The van der Waals surface area contributed by atoms with Crippen LogP contribution in [0.2, 0.25) is 0 Å². The Morgan fingerprint density at radius 3 is 1.30 bits per heavy atom. The van der Waals surface area contributed by atoms with Crippen molar-refractivity contribution in [2.75, 3.05) is 19.0 Å². The quantitative estimate of drug-likeness (QED) is 0.201. The summed E-state index contributed by atoms with van der Waals surface area (Å²) in [6.45, 7) is 20.5. The number of anilines is 1. The van der Waals surface area contributed by atoms with Crippen LogP contribution >= 0.6 is 0 Å². The van der Waals surface area contributed by atoms with Gasteiger partial charge in [-0.15, -0.1) is 0 Å². The van der Waals surface area contributed by atoms with E-state index in [1.165, 1.54) is 55.4 Å². The maximum Gasteiger partial charge on any atom is 0.329 e. The molecule has 0 spiro atoms. The zero-order valence-electron chi connectivity index (χ0n) is 30.8. The maximum atomic E-state index is 13.4. The van der Waals surface area contributed by atoms with E-state index in [9.17, 15) is 28.8 Å². The van der Waals surface area contributed by atoms with Crippen LogP contribution in [0.1, 0.15) is 100 Å². The van der Waals surface area contributed by atoms with Gasteiger partial charge in [-0.2, -0.15) is 0 Å². The van der Waals surface area contributed by atoms with E-state index >= 15 is 0 Å². The maximum absolute atomic E-state index is 13.4. The summed E-state index contributed by atoms with van der Waals surface area (Å²) in [6.07, 6.45) is 0. The Hall–Kier alpha value is -4.16. The molecular formula is C34H56N6O7. The molecule has 0 heterocycles. The molecule has 0 bridgehead atoms. The van der Waals surface area contributed by atoms with Crippen LogP contribution in [0, 0.1) is 5.92 Å². The second-order valence-electron chi connectivity index (χ2n) is 15.5. The first-order chi connectivity index (χ1) is 21.0. The first-order valence-corrected chi connectivity index (χ1v) is 15.6. The van der Waals surface area contributed by atoms with Crippen molar-refractivity contribution in [2.24, 2.45) is 5.92 Å². The van der Waals surface area contributed by atoms with E-state index in [4.69, 9.17) is 4.74 Å². The number of amides is 5. The molecule has 0 aromatic heterocycles. The number of nitrogens with zero attached hydrogens (tertiary/aromatic N) is 1. The summed E-state index contributed by atoms with van der Waals surface area (Å²) in [5.41, 5.74) is -5.39. The van der Waals surface area contributed by atoms with Crippen molar-refractivity contribution in [1.82, 2.24) is 26.6 Å². The van der Waals surface area contributed by atoms with Gasteiger partial charge in [-0.25, -0.2) is 4.79 Å². The molecule has 13 nitrogen and oxygen atoms in total. The van der Waals surface area contributed by atoms with Gasteiger partial charge in [0.2, 0.25) is 23.6 Å². The van der Waals surface area contributed by atoms with Gasteiger partial charge in [-0.1, -0.05) is 13.8 Å². The van der Waals surface area contributed by atoms with Crippen LogP contribution in [-0.2, 0) is 28.7 Å². The van der Waals surface area contributed by atoms with Crippen LogP contribution in [-0.4, -0.2) is 83.4 Å². The Kier molecular flexibility index (Phi) is 12.8. The van der Waals surface area contributed by atoms with Crippen molar-refractivity contribution in [3.8, 4) is 0 Å². The van der Waals surface area contributed by atoms with Crippen LogP contribution < -0.4 is 31.5 Å². The zero-order valence-corrected chi connectivity index (χ0v) is 30.8. The van der Waals surface area contributed by atoms with Crippen LogP contribution in [0.25, 0.3) is 0 Å². The van der Waals surface area contributed by atoms with Crippen LogP contribution in [0.3, 0.4) is 0 Å². The highest BCUT2D eigenvalue weighted by Gasteiger charge is 2.43. The predicted molar refractivity (Wildman–Crippen MR) is 182 cm³/mol. The summed E-state index contributed by atoms with van der Waals surface area (Å²) >= 11 is 0. The second-order valence-corrected chi connectivity index (χ2v) is 15.5. The molecule has 1 atom stereocenters. The van der Waals surface area contributed by atoms with Gasteiger partial charge < -0.3 is 36.2 Å². The van der Waals surface area contributed by atoms with Gasteiger partial charge in [0.1, 0.15) is 33.8 Å². The molecule has 47 heavy (non-hydrogen) atoms. The summed E-state index contributed by atoms with van der Waals surface area (Å²) in [7, 11) is 3.76. The lowest BCUT2D eigenvalue weighted by atomic mass is 9.94. The predicted octanol–water partition coefficient (Wildman–Crippen LogP) is 2.43. The second kappa shape index (κ2) is 14.7. The Balaban J connectivity index is 2.94. The van der Waals surface area contributed by atoms with Gasteiger partial charge in [0.05, 0.1) is 0 Å². The molecule has 5 N–H and O–H groups in total. The van der Waals surface area contributed by atoms with E-state index in [0.717, 1.165) is 5.69 Å². The van der Waals surface area contributed by atoms with Crippen LogP contribution in [0.15, 0.2) is 24.3 Å². The molecule has 5 amide bonds. The minimum Gasteiger partial charge on any atom is -0.458 e.